The first-order valence-electron chi connectivity index (χ1n) is 8.53. The molecular formula is C20H26N6. The third-order valence-electron chi connectivity index (χ3n) is 3.82. The van der Waals surface area contributed by atoms with Crippen LogP contribution in [-0.2, 0) is 6.42 Å². The molecule has 0 aliphatic heterocycles. The van der Waals surface area contributed by atoms with Crippen LogP contribution in [0.1, 0.15) is 18.9 Å². The van der Waals surface area contributed by atoms with Gasteiger partial charge in [0, 0.05) is 36.2 Å². The van der Waals surface area contributed by atoms with Gasteiger partial charge in [-0.15, -0.1) is 0 Å². The zero-order valence-electron chi connectivity index (χ0n) is 15.4. The number of hydrogen-bond donors (Lipinski definition) is 3. The molecule has 2 aromatic heterocycles. The molecule has 6 heteroatoms. The average Bonchev–Trinajstić information content (AvgIpc) is 3.06. The normalized spacial score (nSPS) is 13.5. The van der Waals surface area contributed by atoms with Crippen LogP contribution in [0.3, 0.4) is 0 Å². The van der Waals surface area contributed by atoms with Crippen LogP contribution in [0.25, 0.3) is 11.0 Å². The van der Waals surface area contributed by atoms with Gasteiger partial charge in [0.25, 0.3) is 0 Å². The third kappa shape index (κ3) is 5.73. The van der Waals surface area contributed by atoms with Gasteiger partial charge in [-0.05, 0) is 55.8 Å². The molecule has 0 aliphatic rings. The van der Waals surface area contributed by atoms with E-state index in [0.717, 1.165) is 30.0 Å². The summed E-state index contributed by atoms with van der Waals surface area (Å²) in [4.78, 5) is 16.0. The van der Waals surface area contributed by atoms with E-state index in [0.29, 0.717) is 12.2 Å². The van der Waals surface area contributed by atoms with E-state index in [1.165, 1.54) is 10.9 Å². The van der Waals surface area contributed by atoms with E-state index in [1.807, 2.05) is 31.3 Å². The maximum atomic E-state index is 5.95. The molecule has 0 bridgehead atoms. The number of nitrogens with zero attached hydrogens (tertiary/aromatic N) is 3. The smallest absolute Gasteiger partial charge is 0.137 e. The Morgan fingerprint density at radius 1 is 1.46 bits per heavy atom. The van der Waals surface area contributed by atoms with Crippen molar-refractivity contribution in [2.24, 2.45) is 15.7 Å². The number of aryl methyl sites for hydroxylation is 1. The van der Waals surface area contributed by atoms with Crippen LogP contribution >= 0.6 is 0 Å². The molecule has 2 aromatic rings. The van der Waals surface area contributed by atoms with Gasteiger partial charge >= 0.3 is 0 Å². The van der Waals surface area contributed by atoms with Gasteiger partial charge in [0.05, 0.1) is 6.54 Å². The molecule has 0 amide bonds. The Balaban J connectivity index is 1.95. The summed E-state index contributed by atoms with van der Waals surface area (Å²) >= 11 is 0. The fraction of sp³-hybridized carbons (Fsp3) is 0.250. The number of amidine groups is 1. The number of aromatic amines is 1. The highest BCUT2D eigenvalue weighted by molar-refractivity contribution is 5.94. The lowest BCUT2D eigenvalue weighted by atomic mass is 10.1. The second-order valence-electron chi connectivity index (χ2n) is 5.79. The molecule has 0 saturated carbocycles. The van der Waals surface area contributed by atoms with Crippen molar-refractivity contribution in [2.75, 3.05) is 13.6 Å². The first-order chi connectivity index (χ1) is 12.6. The van der Waals surface area contributed by atoms with Crippen molar-refractivity contribution in [1.29, 1.82) is 0 Å². The van der Waals surface area contributed by atoms with Crippen LogP contribution in [0.5, 0.6) is 0 Å². The molecule has 0 aromatic carbocycles. The lowest BCUT2D eigenvalue weighted by molar-refractivity contribution is 1.01. The minimum Gasteiger partial charge on any atom is -0.400 e. The van der Waals surface area contributed by atoms with E-state index in [9.17, 15) is 0 Å². The number of H-pyrrole nitrogens is 1. The van der Waals surface area contributed by atoms with Crippen LogP contribution in [0.15, 0.2) is 71.2 Å². The molecule has 0 saturated heterocycles. The fourth-order valence-electron chi connectivity index (χ4n) is 2.46. The van der Waals surface area contributed by atoms with Gasteiger partial charge in [0.1, 0.15) is 11.5 Å². The number of hydrogen-bond acceptors (Lipinski definition) is 4. The maximum absolute atomic E-state index is 5.95. The Morgan fingerprint density at radius 2 is 2.31 bits per heavy atom. The first kappa shape index (κ1) is 19.2. The van der Waals surface area contributed by atoms with Gasteiger partial charge in [-0.3, -0.25) is 9.98 Å². The van der Waals surface area contributed by atoms with Gasteiger partial charge in [-0.2, -0.15) is 0 Å². The highest BCUT2D eigenvalue weighted by Crippen LogP contribution is 2.17. The molecule has 0 unspecified atom stereocenters. The number of nitrogens with one attached hydrogen (secondary N) is 2. The van der Waals surface area contributed by atoms with Gasteiger partial charge in [-0.1, -0.05) is 12.7 Å². The summed E-state index contributed by atoms with van der Waals surface area (Å²) in [6.07, 6.45) is 13.1. The Hall–Kier alpha value is -3.15. The number of rotatable bonds is 8. The molecular weight excluding hydrogens is 324 g/mol. The predicted molar refractivity (Wildman–Crippen MR) is 110 cm³/mol. The predicted octanol–water partition coefficient (Wildman–Crippen LogP) is 3.12. The van der Waals surface area contributed by atoms with Gasteiger partial charge in [-0.25, -0.2) is 4.98 Å². The highest BCUT2D eigenvalue weighted by Gasteiger charge is 2.02. The molecule has 0 aliphatic carbocycles. The monoisotopic (exact) mass is 350 g/mol. The Kier molecular flexibility index (Phi) is 7.36. The summed E-state index contributed by atoms with van der Waals surface area (Å²) in [6.45, 7) is 6.00. The topological polar surface area (TPSA) is 91.5 Å². The van der Waals surface area contributed by atoms with E-state index in [4.69, 9.17) is 5.73 Å². The summed E-state index contributed by atoms with van der Waals surface area (Å²) in [6, 6.07) is 4.04. The SMILES string of the molecule is C=CNC(/C=C\CCc1c[nH]c2ncccc12)=NCC(N)=CC(C)=NC. The molecule has 136 valence electrons. The van der Waals surface area contributed by atoms with Crippen LogP contribution in [-0.4, -0.2) is 35.1 Å². The molecule has 4 N–H and O–H groups in total. The van der Waals surface area contributed by atoms with E-state index in [2.05, 4.69) is 44.0 Å². The number of pyridine rings is 1. The van der Waals surface area contributed by atoms with Crippen LogP contribution in [0, 0.1) is 0 Å². The Labute approximate surface area is 154 Å². The number of aromatic nitrogens is 2. The number of allylic oxidation sites excluding steroid dienone is 2. The van der Waals surface area contributed by atoms with Crippen molar-refractivity contribution < 1.29 is 0 Å². The lowest BCUT2D eigenvalue weighted by Crippen LogP contribution is -2.16. The summed E-state index contributed by atoms with van der Waals surface area (Å²) < 4.78 is 0. The van der Waals surface area contributed by atoms with Crippen LogP contribution < -0.4 is 11.1 Å². The second kappa shape index (κ2) is 9.98. The van der Waals surface area contributed by atoms with Crippen molar-refractivity contribution in [3.05, 3.63) is 66.8 Å². The molecule has 0 atom stereocenters. The summed E-state index contributed by atoms with van der Waals surface area (Å²) in [7, 11) is 1.74. The van der Waals surface area contributed by atoms with Crippen molar-refractivity contribution in [2.45, 2.75) is 19.8 Å². The quantitative estimate of drug-likeness (QED) is 0.504. The molecule has 2 heterocycles. The zero-order chi connectivity index (χ0) is 18.8. The van der Waals surface area contributed by atoms with E-state index < -0.39 is 0 Å². The maximum Gasteiger partial charge on any atom is 0.137 e. The third-order valence-corrected chi connectivity index (χ3v) is 3.82. The lowest BCUT2D eigenvalue weighted by Gasteiger charge is -2.02. The Bertz CT molecular complexity index is 854. The fourth-order valence-corrected chi connectivity index (χ4v) is 2.46. The van der Waals surface area contributed by atoms with Crippen LogP contribution in [0.2, 0.25) is 0 Å². The minimum atomic E-state index is 0.404. The standard InChI is InChI=1S/C20H26N6/c1-4-23-19(25-14-17(21)12-15(2)22-3)10-6-5-8-16-13-26-20-18(16)9-7-11-24-20/h4,6-7,9-13H,1,5,8,14,21H2,2-3H3,(H,23,25)(H,24,26)/b10-6-,17-12?,22-15?. The summed E-state index contributed by atoms with van der Waals surface area (Å²) in [5.41, 5.74) is 9.68. The molecule has 2 rings (SSSR count). The summed E-state index contributed by atoms with van der Waals surface area (Å²) in [5.74, 6) is 0.725. The first-order valence-corrected chi connectivity index (χ1v) is 8.53. The minimum absolute atomic E-state index is 0.404. The molecule has 0 spiro atoms. The van der Waals surface area contributed by atoms with Crippen molar-refractivity contribution >= 4 is 22.6 Å². The number of fused-ring (bicyclic) bond motifs is 1. The van der Waals surface area contributed by atoms with E-state index in [1.54, 1.807) is 19.4 Å². The Morgan fingerprint density at radius 3 is 3.08 bits per heavy atom. The number of nitrogens with two attached hydrogens (primary N) is 1. The van der Waals surface area contributed by atoms with Crippen LogP contribution in [0.4, 0.5) is 0 Å². The van der Waals surface area contributed by atoms with E-state index in [-0.39, 0.29) is 0 Å². The molecule has 0 fully saturated rings. The second-order valence-corrected chi connectivity index (χ2v) is 5.79. The van der Waals surface area contributed by atoms with Crippen molar-refractivity contribution in [1.82, 2.24) is 15.3 Å². The van der Waals surface area contributed by atoms with Gasteiger partial charge in [0.2, 0.25) is 0 Å². The molecule has 6 nitrogen and oxygen atoms in total. The van der Waals surface area contributed by atoms with Crippen molar-refractivity contribution in [3.63, 3.8) is 0 Å². The molecule has 0 radical (unpaired) electrons. The van der Waals surface area contributed by atoms with Crippen molar-refractivity contribution in [3.8, 4) is 0 Å². The zero-order valence-corrected chi connectivity index (χ0v) is 15.4. The van der Waals surface area contributed by atoms with E-state index >= 15 is 0 Å². The molecule has 26 heavy (non-hydrogen) atoms. The largest absolute Gasteiger partial charge is 0.400 e. The summed E-state index contributed by atoms with van der Waals surface area (Å²) in [5, 5.41) is 4.20. The van der Waals surface area contributed by atoms with Gasteiger partial charge in [0.15, 0.2) is 0 Å². The number of aliphatic imine (C=N–C) groups is 2. The average molecular weight is 350 g/mol. The van der Waals surface area contributed by atoms with Gasteiger partial charge < -0.3 is 16.0 Å². The highest BCUT2D eigenvalue weighted by atomic mass is 15.0.